The van der Waals surface area contributed by atoms with Crippen LogP contribution in [-0.2, 0) is 6.54 Å². The van der Waals surface area contributed by atoms with Gasteiger partial charge < -0.3 is 9.67 Å². The Morgan fingerprint density at radius 3 is 2.28 bits per heavy atom. The summed E-state index contributed by atoms with van der Waals surface area (Å²) in [6.45, 7) is 9.16. The third-order valence-electron chi connectivity index (χ3n) is 3.97. The topological polar surface area (TPSA) is 42.2 Å². The Hall–Kier alpha value is -0.900. The number of rotatable bonds is 6. The second kappa shape index (κ2) is 5.83. The smallest absolute Gasteiger partial charge is 0.337 e. The minimum Gasteiger partial charge on any atom is -0.478 e. The van der Waals surface area contributed by atoms with Crippen molar-refractivity contribution in [3.05, 3.63) is 23.0 Å². The van der Waals surface area contributed by atoms with Crippen molar-refractivity contribution < 1.29 is 9.90 Å². The molecule has 0 saturated heterocycles. The molecule has 4 heteroatoms. The zero-order chi connectivity index (χ0) is 13.9. The highest BCUT2D eigenvalue weighted by molar-refractivity contribution is 8.00. The molecule has 3 nitrogen and oxygen atoms in total. The van der Waals surface area contributed by atoms with E-state index in [0.29, 0.717) is 5.56 Å². The van der Waals surface area contributed by atoms with Gasteiger partial charge in [-0.25, -0.2) is 4.79 Å². The third kappa shape index (κ3) is 2.74. The first-order valence-corrected chi connectivity index (χ1v) is 7.58. The number of carboxylic acids is 1. The number of carbonyl (C=O) groups is 1. The van der Waals surface area contributed by atoms with Crippen molar-refractivity contribution in [2.75, 3.05) is 6.26 Å². The van der Waals surface area contributed by atoms with Crippen LogP contribution in [0.1, 0.15) is 48.4 Å². The quantitative estimate of drug-likeness (QED) is 0.855. The molecule has 1 N–H and O–H groups in total. The minimum absolute atomic E-state index is 0.199. The third-order valence-corrected chi connectivity index (χ3v) is 5.54. The van der Waals surface area contributed by atoms with Crippen LogP contribution in [-0.4, -0.2) is 26.6 Å². The molecule has 0 aliphatic rings. The van der Waals surface area contributed by atoms with Gasteiger partial charge in [0, 0.05) is 22.7 Å². The molecule has 1 aromatic rings. The lowest BCUT2D eigenvalue weighted by atomic mass is 10.0. The van der Waals surface area contributed by atoms with Gasteiger partial charge in [0.05, 0.1) is 5.56 Å². The minimum atomic E-state index is -0.836. The van der Waals surface area contributed by atoms with Crippen LogP contribution in [0.4, 0.5) is 0 Å². The lowest BCUT2D eigenvalue weighted by Gasteiger charge is -2.31. The number of hydrogen-bond donors (Lipinski definition) is 1. The predicted molar refractivity (Wildman–Crippen MR) is 77.7 cm³/mol. The second-order valence-corrected chi connectivity index (χ2v) is 6.04. The van der Waals surface area contributed by atoms with Gasteiger partial charge in [-0.15, -0.1) is 0 Å². The Kier molecular flexibility index (Phi) is 4.91. The fourth-order valence-corrected chi connectivity index (χ4v) is 3.21. The molecule has 0 saturated carbocycles. The SMILES string of the molecule is CCC(CC)(Cn1c(C)cc(C(=O)O)c1C)SC. The molecule has 0 fully saturated rings. The summed E-state index contributed by atoms with van der Waals surface area (Å²) in [5.41, 5.74) is 2.32. The lowest BCUT2D eigenvalue weighted by molar-refractivity contribution is 0.0696. The van der Waals surface area contributed by atoms with Gasteiger partial charge in [0.25, 0.3) is 0 Å². The summed E-state index contributed by atoms with van der Waals surface area (Å²) in [5, 5.41) is 9.15. The van der Waals surface area contributed by atoms with Crippen molar-refractivity contribution in [1.29, 1.82) is 0 Å². The molecule has 102 valence electrons. The molecule has 0 unspecified atom stereocenters. The van der Waals surface area contributed by atoms with Crippen LogP contribution in [0.2, 0.25) is 0 Å². The molecule has 0 aromatic carbocycles. The van der Waals surface area contributed by atoms with Crippen LogP contribution >= 0.6 is 11.8 Å². The summed E-state index contributed by atoms with van der Waals surface area (Å²) >= 11 is 1.88. The summed E-state index contributed by atoms with van der Waals surface area (Å²) in [5.74, 6) is -0.836. The van der Waals surface area contributed by atoms with Gasteiger partial charge in [-0.1, -0.05) is 13.8 Å². The van der Waals surface area contributed by atoms with Gasteiger partial charge in [0.15, 0.2) is 0 Å². The molecular weight excluding hydrogens is 246 g/mol. The number of aromatic carboxylic acids is 1. The zero-order valence-corrected chi connectivity index (χ0v) is 12.7. The van der Waals surface area contributed by atoms with Gasteiger partial charge in [-0.05, 0) is 39.0 Å². The van der Waals surface area contributed by atoms with E-state index < -0.39 is 5.97 Å². The summed E-state index contributed by atoms with van der Waals surface area (Å²) < 4.78 is 2.34. The highest BCUT2D eigenvalue weighted by Crippen LogP contribution is 2.33. The van der Waals surface area contributed by atoms with Crippen molar-refractivity contribution in [1.82, 2.24) is 4.57 Å². The maximum Gasteiger partial charge on any atom is 0.337 e. The fraction of sp³-hybridized carbons (Fsp3) is 0.643. The molecule has 1 aromatic heterocycles. The van der Waals surface area contributed by atoms with E-state index in [1.54, 1.807) is 6.07 Å². The van der Waals surface area contributed by atoms with Crippen molar-refractivity contribution in [3.8, 4) is 0 Å². The summed E-state index contributed by atoms with van der Waals surface area (Å²) in [6.07, 6.45) is 4.31. The predicted octanol–water partition coefficient (Wildman–Crippen LogP) is 3.72. The van der Waals surface area contributed by atoms with Gasteiger partial charge in [-0.2, -0.15) is 11.8 Å². The average molecular weight is 269 g/mol. The standard InChI is InChI=1S/C14H23NO2S/c1-6-14(7-2,18-5)9-15-10(3)8-12(11(15)4)13(16)17/h8H,6-7,9H2,1-5H3,(H,16,17). The van der Waals surface area contributed by atoms with Crippen molar-refractivity contribution in [2.45, 2.75) is 51.8 Å². The van der Waals surface area contributed by atoms with E-state index in [-0.39, 0.29) is 4.75 Å². The number of aromatic nitrogens is 1. The summed E-state index contributed by atoms with van der Waals surface area (Å²) in [4.78, 5) is 11.1. The second-order valence-electron chi connectivity index (χ2n) is 4.77. The van der Waals surface area contributed by atoms with Crippen LogP contribution < -0.4 is 0 Å². The van der Waals surface area contributed by atoms with Crippen molar-refractivity contribution in [3.63, 3.8) is 0 Å². The maximum absolute atomic E-state index is 11.1. The van der Waals surface area contributed by atoms with Crippen molar-refractivity contribution in [2.24, 2.45) is 0 Å². The highest BCUT2D eigenvalue weighted by Gasteiger charge is 2.27. The van der Waals surface area contributed by atoms with Gasteiger partial charge >= 0.3 is 5.97 Å². The number of thioether (sulfide) groups is 1. The highest BCUT2D eigenvalue weighted by atomic mass is 32.2. The van der Waals surface area contributed by atoms with E-state index in [2.05, 4.69) is 24.7 Å². The Morgan fingerprint density at radius 1 is 1.39 bits per heavy atom. The lowest BCUT2D eigenvalue weighted by Crippen LogP contribution is -2.30. The Labute approximate surface area is 114 Å². The van der Waals surface area contributed by atoms with E-state index in [4.69, 9.17) is 5.11 Å². The monoisotopic (exact) mass is 269 g/mol. The van der Waals surface area contributed by atoms with Crippen LogP contribution in [0.5, 0.6) is 0 Å². The van der Waals surface area contributed by atoms with E-state index in [1.807, 2.05) is 25.6 Å². The molecule has 0 aliphatic heterocycles. The van der Waals surface area contributed by atoms with E-state index in [0.717, 1.165) is 30.8 Å². The van der Waals surface area contributed by atoms with Crippen LogP contribution in [0.25, 0.3) is 0 Å². The number of nitrogens with zero attached hydrogens (tertiary/aromatic N) is 1. The molecule has 0 atom stereocenters. The van der Waals surface area contributed by atoms with Gasteiger partial charge in [-0.3, -0.25) is 0 Å². The first kappa shape index (κ1) is 15.2. The summed E-state index contributed by atoms with van der Waals surface area (Å²) in [6, 6.07) is 1.77. The van der Waals surface area contributed by atoms with Gasteiger partial charge in [0.1, 0.15) is 0 Å². The Bertz CT molecular complexity index is 425. The molecular formula is C14H23NO2S. The molecule has 18 heavy (non-hydrogen) atoms. The molecule has 0 radical (unpaired) electrons. The molecule has 0 aliphatic carbocycles. The molecule has 0 spiro atoms. The van der Waals surface area contributed by atoms with E-state index in [9.17, 15) is 4.79 Å². The molecule has 1 rings (SSSR count). The van der Waals surface area contributed by atoms with Crippen LogP contribution in [0.3, 0.4) is 0 Å². The van der Waals surface area contributed by atoms with Crippen LogP contribution in [0.15, 0.2) is 6.07 Å². The molecule has 0 bridgehead atoms. The fourth-order valence-electron chi connectivity index (χ4n) is 2.38. The van der Waals surface area contributed by atoms with E-state index >= 15 is 0 Å². The summed E-state index contributed by atoms with van der Waals surface area (Å²) in [7, 11) is 0. The molecule has 0 amide bonds. The Morgan fingerprint density at radius 2 is 1.94 bits per heavy atom. The normalized spacial score (nSPS) is 11.8. The number of aryl methyl sites for hydroxylation is 1. The zero-order valence-electron chi connectivity index (χ0n) is 11.9. The maximum atomic E-state index is 11.1. The molecule has 1 heterocycles. The van der Waals surface area contributed by atoms with Crippen LogP contribution in [0, 0.1) is 13.8 Å². The van der Waals surface area contributed by atoms with E-state index in [1.165, 1.54) is 0 Å². The number of hydrogen-bond acceptors (Lipinski definition) is 2. The number of carboxylic acid groups (broad SMARTS) is 1. The Balaban J connectivity index is 3.15. The first-order valence-electron chi connectivity index (χ1n) is 6.36. The van der Waals surface area contributed by atoms with Gasteiger partial charge in [0.2, 0.25) is 0 Å². The largest absolute Gasteiger partial charge is 0.478 e. The van der Waals surface area contributed by atoms with Crippen molar-refractivity contribution >= 4 is 17.7 Å². The average Bonchev–Trinajstić information content (AvgIpc) is 2.63. The first-order chi connectivity index (χ1) is 8.40.